The maximum Gasteiger partial charge on any atom is 0.0137 e. The highest BCUT2D eigenvalue weighted by atomic mass is 14.8. The summed E-state index contributed by atoms with van der Waals surface area (Å²) in [5.41, 5.74) is 0. The first-order valence-corrected chi connectivity index (χ1v) is 4.40. The Balaban J connectivity index is 3.01. The molecule has 1 heteroatoms. The van der Waals surface area contributed by atoms with Gasteiger partial charge in [-0.25, -0.2) is 0 Å². The van der Waals surface area contributed by atoms with E-state index in [1.807, 2.05) is 19.1 Å². The number of hydrogen-bond donors (Lipinski definition) is 1. The molecule has 0 heterocycles. The first-order valence-electron chi connectivity index (χ1n) is 4.40. The first-order chi connectivity index (χ1) is 5.41. The summed E-state index contributed by atoms with van der Waals surface area (Å²) in [6, 6.07) is 0. The number of hydrogen-bond acceptors (Lipinski definition) is 1. The van der Waals surface area contributed by atoms with Crippen LogP contribution in [0.2, 0.25) is 0 Å². The lowest BCUT2D eigenvalue weighted by Gasteiger charge is -1.96. The zero-order valence-corrected chi connectivity index (χ0v) is 7.64. The van der Waals surface area contributed by atoms with Crippen molar-refractivity contribution in [2.24, 2.45) is 0 Å². The number of unbranched alkanes of at least 4 members (excludes halogenated alkanes) is 1. The fourth-order valence-corrected chi connectivity index (χ4v) is 0.745. The molecule has 0 radical (unpaired) electrons. The van der Waals surface area contributed by atoms with E-state index in [4.69, 9.17) is 0 Å². The van der Waals surface area contributed by atoms with E-state index in [2.05, 4.69) is 24.4 Å². The molecule has 0 aromatic rings. The Kier molecular flexibility index (Phi) is 8.96. The van der Waals surface area contributed by atoms with Crippen LogP contribution in [0.25, 0.3) is 0 Å². The highest BCUT2D eigenvalue weighted by Gasteiger charge is 1.79. The quantitative estimate of drug-likeness (QED) is 0.456. The third-order valence-corrected chi connectivity index (χ3v) is 1.41. The summed E-state index contributed by atoms with van der Waals surface area (Å²) in [5.74, 6) is 0. The summed E-state index contributed by atoms with van der Waals surface area (Å²) in [6.07, 6.45) is 10.8. The van der Waals surface area contributed by atoms with Crippen molar-refractivity contribution >= 4 is 0 Å². The van der Waals surface area contributed by atoms with Crippen LogP contribution in [0.5, 0.6) is 0 Å². The Hall–Kier alpha value is -0.560. The van der Waals surface area contributed by atoms with Crippen molar-refractivity contribution in [2.45, 2.75) is 26.7 Å². The smallest absolute Gasteiger partial charge is 0.0137 e. The van der Waals surface area contributed by atoms with Gasteiger partial charge in [-0.3, -0.25) is 0 Å². The topological polar surface area (TPSA) is 12.0 Å². The largest absolute Gasteiger partial charge is 0.313 e. The van der Waals surface area contributed by atoms with Crippen molar-refractivity contribution in [3.8, 4) is 0 Å². The van der Waals surface area contributed by atoms with E-state index < -0.39 is 0 Å². The Bertz CT molecular complexity index is 114. The van der Waals surface area contributed by atoms with Gasteiger partial charge in [0, 0.05) is 6.54 Å². The highest BCUT2D eigenvalue weighted by molar-refractivity contribution is 5.01. The molecule has 64 valence electrons. The normalized spacial score (nSPS) is 11.8. The summed E-state index contributed by atoms with van der Waals surface area (Å²) in [6.45, 7) is 6.35. The molecule has 11 heavy (non-hydrogen) atoms. The molecule has 0 aromatic heterocycles. The molecule has 0 aliphatic carbocycles. The minimum Gasteiger partial charge on any atom is -0.313 e. The van der Waals surface area contributed by atoms with E-state index in [-0.39, 0.29) is 0 Å². The minimum atomic E-state index is 0.990. The number of nitrogens with one attached hydrogen (secondary N) is 1. The van der Waals surface area contributed by atoms with Crippen LogP contribution in [0.4, 0.5) is 0 Å². The van der Waals surface area contributed by atoms with Crippen LogP contribution in [-0.2, 0) is 0 Å². The Morgan fingerprint density at radius 2 is 2.09 bits per heavy atom. The molecule has 0 atom stereocenters. The molecular formula is C10H19N. The molecule has 0 aliphatic heterocycles. The lowest BCUT2D eigenvalue weighted by atomic mass is 10.3. The second-order valence-electron chi connectivity index (χ2n) is 2.51. The second-order valence-corrected chi connectivity index (χ2v) is 2.51. The monoisotopic (exact) mass is 153 g/mol. The van der Waals surface area contributed by atoms with Gasteiger partial charge in [-0.2, -0.15) is 0 Å². The van der Waals surface area contributed by atoms with Gasteiger partial charge in [0.1, 0.15) is 0 Å². The summed E-state index contributed by atoms with van der Waals surface area (Å²) < 4.78 is 0. The number of allylic oxidation sites excluding steroid dienone is 3. The molecular weight excluding hydrogens is 134 g/mol. The molecule has 0 saturated heterocycles. The molecule has 0 fully saturated rings. The summed E-state index contributed by atoms with van der Waals surface area (Å²) in [4.78, 5) is 0. The molecule has 0 aliphatic rings. The van der Waals surface area contributed by atoms with Crippen molar-refractivity contribution in [1.82, 2.24) is 5.32 Å². The SMILES string of the molecule is C/C=C\C=C/CNCCCC. The third kappa shape index (κ3) is 9.44. The average molecular weight is 153 g/mol. The van der Waals surface area contributed by atoms with Gasteiger partial charge in [-0.1, -0.05) is 37.6 Å². The molecule has 0 unspecified atom stereocenters. The van der Waals surface area contributed by atoms with Crippen LogP contribution in [0, 0.1) is 0 Å². The van der Waals surface area contributed by atoms with Gasteiger partial charge in [-0.05, 0) is 19.9 Å². The van der Waals surface area contributed by atoms with Gasteiger partial charge >= 0.3 is 0 Å². The van der Waals surface area contributed by atoms with E-state index in [1.165, 1.54) is 12.8 Å². The van der Waals surface area contributed by atoms with Crippen LogP contribution in [0.15, 0.2) is 24.3 Å². The second kappa shape index (κ2) is 9.44. The molecule has 0 aromatic carbocycles. The highest BCUT2D eigenvalue weighted by Crippen LogP contribution is 1.82. The van der Waals surface area contributed by atoms with Crippen molar-refractivity contribution < 1.29 is 0 Å². The van der Waals surface area contributed by atoms with Crippen LogP contribution < -0.4 is 5.32 Å². The Morgan fingerprint density at radius 3 is 2.73 bits per heavy atom. The van der Waals surface area contributed by atoms with E-state index in [1.54, 1.807) is 0 Å². The number of rotatable bonds is 6. The molecule has 1 nitrogen and oxygen atoms in total. The van der Waals surface area contributed by atoms with Gasteiger partial charge in [0.25, 0.3) is 0 Å². The van der Waals surface area contributed by atoms with Crippen LogP contribution in [-0.4, -0.2) is 13.1 Å². The minimum absolute atomic E-state index is 0.990. The predicted octanol–water partition coefficient (Wildman–Crippen LogP) is 2.51. The summed E-state index contributed by atoms with van der Waals surface area (Å²) in [7, 11) is 0. The molecule has 1 N–H and O–H groups in total. The van der Waals surface area contributed by atoms with Crippen molar-refractivity contribution in [1.29, 1.82) is 0 Å². The van der Waals surface area contributed by atoms with E-state index in [9.17, 15) is 0 Å². The lowest BCUT2D eigenvalue weighted by Crippen LogP contribution is -2.14. The Morgan fingerprint density at radius 1 is 1.27 bits per heavy atom. The lowest BCUT2D eigenvalue weighted by molar-refractivity contribution is 0.681. The van der Waals surface area contributed by atoms with Crippen molar-refractivity contribution in [2.75, 3.05) is 13.1 Å². The van der Waals surface area contributed by atoms with Gasteiger partial charge in [-0.15, -0.1) is 0 Å². The molecule has 0 spiro atoms. The summed E-state index contributed by atoms with van der Waals surface area (Å²) >= 11 is 0. The van der Waals surface area contributed by atoms with Gasteiger partial charge < -0.3 is 5.32 Å². The zero-order chi connectivity index (χ0) is 8.36. The predicted molar refractivity (Wildman–Crippen MR) is 51.7 cm³/mol. The molecule has 0 bridgehead atoms. The zero-order valence-electron chi connectivity index (χ0n) is 7.64. The van der Waals surface area contributed by atoms with E-state index in [0.29, 0.717) is 0 Å². The van der Waals surface area contributed by atoms with Crippen molar-refractivity contribution in [3.05, 3.63) is 24.3 Å². The molecule has 0 rings (SSSR count). The van der Waals surface area contributed by atoms with Crippen LogP contribution >= 0.6 is 0 Å². The molecule has 0 saturated carbocycles. The van der Waals surface area contributed by atoms with Crippen LogP contribution in [0.1, 0.15) is 26.7 Å². The first kappa shape index (κ1) is 10.4. The standard InChI is InChI=1S/C10H19N/c1-3-5-7-8-10-11-9-6-4-2/h3,5,7-8,11H,4,6,9-10H2,1-2H3/b5-3-,8-7-. The third-order valence-electron chi connectivity index (χ3n) is 1.41. The van der Waals surface area contributed by atoms with E-state index in [0.717, 1.165) is 13.1 Å². The Labute approximate surface area is 70.2 Å². The van der Waals surface area contributed by atoms with Gasteiger partial charge in [0.15, 0.2) is 0 Å². The maximum absolute atomic E-state index is 3.32. The van der Waals surface area contributed by atoms with E-state index >= 15 is 0 Å². The van der Waals surface area contributed by atoms with Crippen LogP contribution in [0.3, 0.4) is 0 Å². The summed E-state index contributed by atoms with van der Waals surface area (Å²) in [5, 5.41) is 3.32. The maximum atomic E-state index is 3.32. The average Bonchev–Trinajstić information content (AvgIpc) is 2.03. The van der Waals surface area contributed by atoms with Crippen molar-refractivity contribution in [3.63, 3.8) is 0 Å². The van der Waals surface area contributed by atoms with Gasteiger partial charge in [0.2, 0.25) is 0 Å². The van der Waals surface area contributed by atoms with Gasteiger partial charge in [0.05, 0.1) is 0 Å². The fourth-order valence-electron chi connectivity index (χ4n) is 0.745. The molecule has 0 amide bonds. The fraction of sp³-hybridized carbons (Fsp3) is 0.600.